The molecule has 0 radical (unpaired) electrons. The lowest BCUT2D eigenvalue weighted by Gasteiger charge is -2.24. The van der Waals surface area contributed by atoms with Crippen molar-refractivity contribution in [2.24, 2.45) is 0 Å². The first-order valence-corrected chi connectivity index (χ1v) is 9.55. The van der Waals surface area contributed by atoms with Crippen molar-refractivity contribution < 1.29 is 9.18 Å². The summed E-state index contributed by atoms with van der Waals surface area (Å²) in [7, 11) is 0. The molecule has 1 aromatic carbocycles. The predicted molar refractivity (Wildman–Crippen MR) is 96.6 cm³/mol. The van der Waals surface area contributed by atoms with Gasteiger partial charge in [-0.05, 0) is 41.9 Å². The van der Waals surface area contributed by atoms with Crippen LogP contribution in [0.4, 0.5) is 10.1 Å². The fourth-order valence-corrected chi connectivity index (χ4v) is 5.86. The van der Waals surface area contributed by atoms with Gasteiger partial charge >= 0.3 is 0 Å². The van der Waals surface area contributed by atoms with E-state index in [1.807, 2.05) is 16.3 Å². The molecule has 23 heavy (non-hydrogen) atoms. The summed E-state index contributed by atoms with van der Waals surface area (Å²) < 4.78 is 13.4. The Kier molecular flexibility index (Phi) is 3.84. The molecule has 0 bridgehead atoms. The summed E-state index contributed by atoms with van der Waals surface area (Å²) in [5, 5.41) is 2.50. The molecular formula is C15H10ClFN2OS3. The minimum atomic E-state index is -0.513. The zero-order valence-electron chi connectivity index (χ0n) is 11.6. The zero-order valence-corrected chi connectivity index (χ0v) is 14.8. The first-order valence-electron chi connectivity index (χ1n) is 6.84. The summed E-state index contributed by atoms with van der Waals surface area (Å²) in [6, 6.07) is 7.99. The van der Waals surface area contributed by atoms with E-state index in [0.717, 1.165) is 0 Å². The van der Waals surface area contributed by atoms with Crippen LogP contribution in [0.1, 0.15) is 10.3 Å². The Morgan fingerprint density at radius 3 is 2.87 bits per heavy atom. The van der Waals surface area contributed by atoms with Gasteiger partial charge in [-0.15, -0.1) is 23.1 Å². The second kappa shape index (κ2) is 5.73. The number of nitrogens with zero attached hydrogens (tertiary/aromatic N) is 2. The summed E-state index contributed by atoms with van der Waals surface area (Å²) in [5.41, 5.74) is 0.510. The number of fused-ring (bicyclic) bond motifs is 1. The summed E-state index contributed by atoms with van der Waals surface area (Å²) in [5.74, 6) is 0.0946. The van der Waals surface area contributed by atoms with Crippen molar-refractivity contribution in [3.63, 3.8) is 0 Å². The van der Waals surface area contributed by atoms with Gasteiger partial charge in [-0.3, -0.25) is 9.69 Å². The van der Waals surface area contributed by atoms with E-state index in [0.29, 0.717) is 16.6 Å². The molecule has 2 atom stereocenters. The number of hydrogen-bond donors (Lipinski definition) is 0. The Hall–Kier alpha value is -1.15. The van der Waals surface area contributed by atoms with Gasteiger partial charge in [0.15, 0.2) is 5.11 Å². The number of carbonyl (C=O) groups is 1. The standard InChI is InChI=1S/C15H10ClFN2OS3/c16-9-6-8(3-4-10(9)17)18-13(20)11-7-23-14(19(11)15(18)21)12-2-1-5-22-12/h1-6,11,14H,7H2/t11-,14-/m1/s1. The molecular weight excluding hydrogens is 375 g/mol. The van der Waals surface area contributed by atoms with Crippen molar-refractivity contribution in [1.82, 2.24) is 4.90 Å². The normalized spacial score (nSPS) is 23.7. The number of hydrogen-bond acceptors (Lipinski definition) is 4. The third-order valence-corrected chi connectivity index (χ3v) is 6.93. The van der Waals surface area contributed by atoms with Crippen molar-refractivity contribution in [2.45, 2.75) is 11.4 Å². The van der Waals surface area contributed by atoms with Crippen LogP contribution in [0, 0.1) is 5.82 Å². The van der Waals surface area contributed by atoms with Crippen molar-refractivity contribution in [3.05, 3.63) is 51.4 Å². The van der Waals surface area contributed by atoms with Crippen LogP contribution in [-0.4, -0.2) is 27.7 Å². The molecule has 3 nitrogen and oxygen atoms in total. The molecule has 8 heteroatoms. The first-order chi connectivity index (χ1) is 11.1. The monoisotopic (exact) mass is 384 g/mol. The molecule has 2 aliphatic rings. The SMILES string of the molecule is O=C1[C@H]2CS[C@H](c3cccs3)N2C(=S)N1c1ccc(F)c(Cl)c1. The molecule has 2 aliphatic heterocycles. The molecule has 0 spiro atoms. The van der Waals surface area contributed by atoms with Crippen LogP contribution in [-0.2, 0) is 4.79 Å². The Balaban J connectivity index is 1.71. The van der Waals surface area contributed by atoms with E-state index >= 15 is 0 Å². The smallest absolute Gasteiger partial charge is 0.257 e. The minimum Gasteiger partial charge on any atom is -0.319 e. The fourth-order valence-electron chi connectivity index (χ4n) is 2.80. The Morgan fingerprint density at radius 1 is 1.35 bits per heavy atom. The molecule has 3 heterocycles. The topological polar surface area (TPSA) is 23.6 Å². The largest absolute Gasteiger partial charge is 0.319 e. The van der Waals surface area contributed by atoms with Gasteiger partial charge in [0.25, 0.3) is 5.91 Å². The maximum absolute atomic E-state index is 13.4. The van der Waals surface area contributed by atoms with Gasteiger partial charge in [0.1, 0.15) is 17.2 Å². The maximum Gasteiger partial charge on any atom is 0.257 e. The van der Waals surface area contributed by atoms with Crippen LogP contribution >= 0.6 is 46.9 Å². The third-order valence-electron chi connectivity index (χ3n) is 3.87. The maximum atomic E-state index is 13.4. The molecule has 0 unspecified atom stereocenters. The Bertz CT molecular complexity index is 798. The average Bonchev–Trinajstić information content (AvgIpc) is 3.22. The number of thioether (sulfide) groups is 1. The average molecular weight is 385 g/mol. The number of benzene rings is 1. The highest BCUT2D eigenvalue weighted by molar-refractivity contribution is 8.00. The van der Waals surface area contributed by atoms with Gasteiger partial charge in [-0.1, -0.05) is 17.7 Å². The van der Waals surface area contributed by atoms with Crippen molar-refractivity contribution in [2.75, 3.05) is 10.7 Å². The van der Waals surface area contributed by atoms with Gasteiger partial charge in [-0.25, -0.2) is 4.39 Å². The summed E-state index contributed by atoms with van der Waals surface area (Å²) in [4.78, 5) is 17.4. The van der Waals surface area contributed by atoms with Gasteiger partial charge in [0.2, 0.25) is 0 Å². The predicted octanol–water partition coefficient (Wildman–Crippen LogP) is 4.29. The molecule has 4 rings (SSSR count). The quantitative estimate of drug-likeness (QED) is 0.721. The van der Waals surface area contributed by atoms with E-state index in [9.17, 15) is 9.18 Å². The first kappa shape index (κ1) is 15.4. The van der Waals surface area contributed by atoms with Gasteiger partial charge in [0, 0.05) is 10.6 Å². The number of amides is 1. The summed E-state index contributed by atoms with van der Waals surface area (Å²) in [6.45, 7) is 0. The summed E-state index contributed by atoms with van der Waals surface area (Å²) >= 11 is 14.8. The van der Waals surface area contributed by atoms with Crippen LogP contribution in [0.2, 0.25) is 5.02 Å². The van der Waals surface area contributed by atoms with Crippen molar-refractivity contribution in [3.8, 4) is 0 Å². The fraction of sp³-hybridized carbons (Fsp3) is 0.200. The zero-order chi connectivity index (χ0) is 16.1. The number of thiocarbonyl (C=S) groups is 1. The highest BCUT2D eigenvalue weighted by Gasteiger charge is 2.51. The van der Waals surface area contributed by atoms with E-state index in [2.05, 4.69) is 6.07 Å². The van der Waals surface area contributed by atoms with Crippen molar-refractivity contribution >= 4 is 63.6 Å². The molecule has 0 N–H and O–H groups in total. The molecule has 118 valence electrons. The molecule has 1 amide bonds. The van der Waals surface area contributed by atoms with Gasteiger partial charge in [-0.2, -0.15) is 0 Å². The van der Waals surface area contributed by atoms with Gasteiger partial charge in [0.05, 0.1) is 10.7 Å². The second-order valence-corrected chi connectivity index (χ2v) is 8.04. The lowest BCUT2D eigenvalue weighted by atomic mass is 10.2. The van der Waals surface area contributed by atoms with E-state index < -0.39 is 5.82 Å². The van der Waals surface area contributed by atoms with E-state index in [-0.39, 0.29) is 22.3 Å². The van der Waals surface area contributed by atoms with Crippen LogP contribution in [0.25, 0.3) is 0 Å². The van der Waals surface area contributed by atoms with Crippen LogP contribution in [0.3, 0.4) is 0 Å². The highest BCUT2D eigenvalue weighted by Crippen LogP contribution is 2.47. The second-order valence-electron chi connectivity index (χ2n) is 5.18. The van der Waals surface area contributed by atoms with E-state index in [1.165, 1.54) is 28.0 Å². The summed E-state index contributed by atoms with van der Waals surface area (Å²) in [6.07, 6.45) is 0. The number of rotatable bonds is 2. The Labute approximate surface area is 151 Å². The third kappa shape index (κ3) is 2.38. The van der Waals surface area contributed by atoms with Crippen LogP contribution in [0.15, 0.2) is 35.7 Å². The molecule has 2 fully saturated rings. The number of halogens is 2. The number of carbonyl (C=O) groups excluding carboxylic acids is 1. The highest BCUT2D eigenvalue weighted by atomic mass is 35.5. The molecule has 2 aromatic rings. The van der Waals surface area contributed by atoms with E-state index in [1.54, 1.807) is 23.1 Å². The lowest BCUT2D eigenvalue weighted by Crippen LogP contribution is -2.33. The molecule has 0 saturated carbocycles. The molecule has 0 aliphatic carbocycles. The van der Waals surface area contributed by atoms with Crippen molar-refractivity contribution in [1.29, 1.82) is 0 Å². The van der Waals surface area contributed by atoms with Crippen LogP contribution < -0.4 is 4.90 Å². The van der Waals surface area contributed by atoms with E-state index in [4.69, 9.17) is 23.8 Å². The van der Waals surface area contributed by atoms with Gasteiger partial charge < -0.3 is 4.90 Å². The lowest BCUT2D eigenvalue weighted by molar-refractivity contribution is -0.119. The minimum absolute atomic E-state index is 0.0191. The molecule has 1 aromatic heterocycles. The molecule has 2 saturated heterocycles. The number of anilines is 1. The van der Waals surface area contributed by atoms with Crippen LogP contribution in [0.5, 0.6) is 0 Å². The Morgan fingerprint density at radius 2 is 2.17 bits per heavy atom. The number of thiophene rings is 1.